The van der Waals surface area contributed by atoms with Crippen LogP contribution in [0.15, 0.2) is 36.8 Å². The third-order valence-corrected chi connectivity index (χ3v) is 7.05. The molecule has 0 aliphatic carbocycles. The zero-order chi connectivity index (χ0) is 25.2. The first-order chi connectivity index (χ1) is 16.6. The minimum atomic E-state index is -3.51. The quantitative estimate of drug-likeness (QED) is 0.431. The first-order valence-corrected chi connectivity index (χ1v) is 13.0. The van der Waals surface area contributed by atoms with Crippen molar-refractivity contribution in [3.8, 4) is 0 Å². The van der Waals surface area contributed by atoms with E-state index in [2.05, 4.69) is 42.8 Å². The van der Waals surface area contributed by atoms with Gasteiger partial charge >= 0.3 is 0 Å². The van der Waals surface area contributed by atoms with E-state index in [1.165, 1.54) is 25.6 Å². The maximum absolute atomic E-state index is 12.0. The number of nitrogens with zero attached hydrogens (tertiary/aromatic N) is 5. The number of halogens is 1. The van der Waals surface area contributed by atoms with Gasteiger partial charge in [-0.2, -0.15) is 4.98 Å². The van der Waals surface area contributed by atoms with Crippen molar-refractivity contribution in [3.05, 3.63) is 58.6 Å². The van der Waals surface area contributed by atoms with E-state index in [0.29, 0.717) is 30.4 Å². The highest BCUT2D eigenvalue weighted by molar-refractivity contribution is 7.92. The van der Waals surface area contributed by atoms with E-state index in [1.807, 2.05) is 18.2 Å². The number of anilines is 4. The maximum Gasteiger partial charge on any atom is 0.233 e. The van der Waals surface area contributed by atoms with E-state index in [0.717, 1.165) is 27.4 Å². The number of fused-ring (bicyclic) bond motifs is 1. The summed E-state index contributed by atoms with van der Waals surface area (Å²) in [5.74, 6) is 1.06. The monoisotopic (exact) mass is 516 g/mol. The summed E-state index contributed by atoms with van der Waals surface area (Å²) in [5.41, 5.74) is 3.23. The van der Waals surface area contributed by atoms with Crippen LogP contribution in [0.1, 0.15) is 29.7 Å². The molecule has 4 rings (SSSR count). The molecule has 184 valence electrons. The lowest BCUT2D eigenvalue weighted by Gasteiger charge is -2.18. The summed E-state index contributed by atoms with van der Waals surface area (Å²) in [6, 6.07) is 5.85. The van der Waals surface area contributed by atoms with Crippen molar-refractivity contribution in [2.45, 2.75) is 25.8 Å². The van der Waals surface area contributed by atoms with Crippen LogP contribution in [-0.4, -0.2) is 54.1 Å². The molecule has 1 aromatic carbocycles. The molecular weight excluding hydrogens is 492 g/mol. The Kier molecular flexibility index (Phi) is 7.03. The summed E-state index contributed by atoms with van der Waals surface area (Å²) >= 11 is 6.28. The molecule has 1 aliphatic rings. The van der Waals surface area contributed by atoms with Gasteiger partial charge in [0.25, 0.3) is 0 Å². The number of amides is 1. The Morgan fingerprint density at radius 3 is 2.77 bits per heavy atom. The average molecular weight is 517 g/mol. The minimum absolute atomic E-state index is 0.00752. The predicted octanol–water partition coefficient (Wildman–Crippen LogP) is 2.45. The van der Waals surface area contributed by atoms with Gasteiger partial charge in [0.2, 0.25) is 21.9 Å². The van der Waals surface area contributed by atoms with Crippen LogP contribution in [-0.2, 0) is 27.8 Å². The van der Waals surface area contributed by atoms with E-state index >= 15 is 0 Å². The zero-order valence-electron chi connectivity index (χ0n) is 19.4. The van der Waals surface area contributed by atoms with Crippen molar-refractivity contribution in [1.82, 2.24) is 25.3 Å². The van der Waals surface area contributed by atoms with Gasteiger partial charge in [0.1, 0.15) is 10.7 Å². The molecule has 1 unspecified atom stereocenters. The van der Waals surface area contributed by atoms with Gasteiger partial charge in [-0.1, -0.05) is 24.6 Å². The second kappa shape index (κ2) is 10.0. The molecule has 0 saturated carbocycles. The van der Waals surface area contributed by atoms with Crippen molar-refractivity contribution in [2.24, 2.45) is 0 Å². The number of nitrogens with one attached hydrogen (secondary N) is 3. The van der Waals surface area contributed by atoms with E-state index in [1.54, 1.807) is 0 Å². The first kappa shape index (κ1) is 24.6. The Morgan fingerprint density at radius 2 is 2.00 bits per heavy atom. The van der Waals surface area contributed by atoms with Gasteiger partial charge in [0.05, 0.1) is 25.4 Å². The van der Waals surface area contributed by atoms with Gasteiger partial charge in [-0.3, -0.25) is 14.1 Å². The highest BCUT2D eigenvalue weighted by Crippen LogP contribution is 2.28. The summed E-state index contributed by atoms with van der Waals surface area (Å²) in [6.07, 6.45) is 5.76. The summed E-state index contributed by atoms with van der Waals surface area (Å²) in [5, 5.41) is 9.42. The number of aromatic nitrogens is 4. The first-order valence-electron chi connectivity index (χ1n) is 10.8. The Labute approximate surface area is 208 Å². The molecule has 0 radical (unpaired) electrons. The summed E-state index contributed by atoms with van der Waals surface area (Å²) in [6.45, 7) is 2.82. The van der Waals surface area contributed by atoms with Crippen molar-refractivity contribution in [2.75, 3.05) is 34.8 Å². The molecule has 0 saturated heterocycles. The standard InChI is InChI=1S/C22H25ClN8O3S/c1-13-10-26-19(32)9-14-8-15(4-5-16(13)14)29-22-28-11-17(23)20(30-22)27-12-18-21(25-7-6-24-18)31(2)35(3,33)34/h4-8,11,13H,9-10,12H2,1-3H3,(H,26,32)(H2,27,28,29,30). The molecule has 3 aromatic rings. The lowest BCUT2D eigenvalue weighted by Crippen LogP contribution is -2.27. The molecule has 3 heterocycles. The number of benzene rings is 1. The largest absolute Gasteiger partial charge is 0.363 e. The second-order valence-electron chi connectivity index (χ2n) is 8.22. The fourth-order valence-electron chi connectivity index (χ4n) is 3.68. The molecule has 1 aliphatic heterocycles. The lowest BCUT2D eigenvalue weighted by atomic mass is 9.95. The fraction of sp³-hybridized carbons (Fsp3) is 0.318. The lowest BCUT2D eigenvalue weighted by molar-refractivity contribution is -0.120. The number of rotatable bonds is 7. The number of sulfonamides is 1. The Morgan fingerprint density at radius 1 is 1.23 bits per heavy atom. The predicted molar refractivity (Wildman–Crippen MR) is 135 cm³/mol. The van der Waals surface area contributed by atoms with Crippen LogP contribution in [0.2, 0.25) is 5.02 Å². The van der Waals surface area contributed by atoms with Crippen LogP contribution >= 0.6 is 11.6 Å². The third-order valence-electron chi connectivity index (χ3n) is 5.60. The molecule has 0 fully saturated rings. The Hall–Kier alpha value is -3.51. The Bertz CT molecular complexity index is 1370. The topological polar surface area (TPSA) is 142 Å². The summed E-state index contributed by atoms with van der Waals surface area (Å²) in [4.78, 5) is 29.1. The van der Waals surface area contributed by atoms with Crippen LogP contribution in [0.4, 0.5) is 23.3 Å². The van der Waals surface area contributed by atoms with Gasteiger partial charge < -0.3 is 16.0 Å². The SMILES string of the molecule is CC1CNC(=O)Cc2cc(Nc3ncc(Cl)c(NCc4nccnc4N(C)S(C)(=O)=O)n3)ccc21. The van der Waals surface area contributed by atoms with Gasteiger partial charge in [-0.15, -0.1) is 0 Å². The third kappa shape index (κ3) is 5.77. The molecular formula is C22H25ClN8O3S. The van der Waals surface area contributed by atoms with Crippen LogP contribution in [0.25, 0.3) is 0 Å². The highest BCUT2D eigenvalue weighted by atomic mass is 35.5. The van der Waals surface area contributed by atoms with E-state index in [4.69, 9.17) is 11.6 Å². The van der Waals surface area contributed by atoms with Gasteiger partial charge in [-0.05, 0) is 29.2 Å². The molecule has 13 heteroatoms. The number of hydrogen-bond acceptors (Lipinski definition) is 9. The molecule has 2 aromatic heterocycles. The van der Waals surface area contributed by atoms with Gasteiger partial charge in [0, 0.05) is 31.7 Å². The highest BCUT2D eigenvalue weighted by Gasteiger charge is 2.20. The molecule has 0 spiro atoms. The molecule has 1 atom stereocenters. The minimum Gasteiger partial charge on any atom is -0.363 e. The van der Waals surface area contributed by atoms with Gasteiger partial charge in [-0.25, -0.2) is 18.4 Å². The second-order valence-corrected chi connectivity index (χ2v) is 10.6. The van der Waals surface area contributed by atoms with Crippen molar-refractivity contribution >= 4 is 50.8 Å². The Balaban J connectivity index is 1.53. The van der Waals surface area contributed by atoms with Crippen LogP contribution in [0.5, 0.6) is 0 Å². The number of hydrogen-bond donors (Lipinski definition) is 3. The maximum atomic E-state index is 12.0. The van der Waals surface area contributed by atoms with Crippen molar-refractivity contribution in [3.63, 3.8) is 0 Å². The summed E-state index contributed by atoms with van der Waals surface area (Å²) in [7, 11) is -2.10. The number of carbonyl (C=O) groups is 1. The molecule has 1 amide bonds. The van der Waals surface area contributed by atoms with Crippen LogP contribution in [0, 0.1) is 0 Å². The van der Waals surface area contributed by atoms with Crippen molar-refractivity contribution < 1.29 is 13.2 Å². The smallest absolute Gasteiger partial charge is 0.233 e. The molecule has 35 heavy (non-hydrogen) atoms. The van der Waals surface area contributed by atoms with Crippen LogP contribution in [0.3, 0.4) is 0 Å². The number of carbonyl (C=O) groups excluding carboxylic acids is 1. The molecule has 11 nitrogen and oxygen atoms in total. The normalized spacial score (nSPS) is 15.5. The average Bonchev–Trinajstić information content (AvgIpc) is 2.96. The van der Waals surface area contributed by atoms with Gasteiger partial charge in [0.15, 0.2) is 11.6 Å². The van der Waals surface area contributed by atoms with Crippen LogP contribution < -0.4 is 20.3 Å². The van der Waals surface area contributed by atoms with Crippen molar-refractivity contribution in [1.29, 1.82) is 0 Å². The molecule has 3 N–H and O–H groups in total. The fourth-order valence-corrected chi connectivity index (χ4v) is 4.31. The van der Waals surface area contributed by atoms with E-state index < -0.39 is 10.0 Å². The van der Waals surface area contributed by atoms with E-state index in [-0.39, 0.29) is 29.2 Å². The zero-order valence-corrected chi connectivity index (χ0v) is 21.0. The van der Waals surface area contributed by atoms with E-state index in [9.17, 15) is 13.2 Å². The molecule has 0 bridgehead atoms. The summed E-state index contributed by atoms with van der Waals surface area (Å²) < 4.78 is 24.9.